The second kappa shape index (κ2) is 9.35. The summed E-state index contributed by atoms with van der Waals surface area (Å²) >= 11 is 5.91. The molecule has 0 spiro atoms. The average Bonchev–Trinajstić information content (AvgIpc) is 2.37. The van der Waals surface area contributed by atoms with Crippen LogP contribution in [0.4, 0.5) is 0 Å². The van der Waals surface area contributed by atoms with Crippen molar-refractivity contribution in [2.75, 3.05) is 26.8 Å². The minimum absolute atomic E-state index is 0.610. The second-order valence-corrected chi connectivity index (χ2v) is 5.95. The molecule has 0 radical (unpaired) electrons. The molecule has 0 aliphatic heterocycles. The Hall–Kier alpha value is -0.570. The Kier molecular flexibility index (Phi) is 8.11. The third kappa shape index (κ3) is 7.56. The quantitative estimate of drug-likeness (QED) is 0.697. The van der Waals surface area contributed by atoms with Gasteiger partial charge < -0.3 is 10.1 Å². The number of ether oxygens (including phenoxy) is 1. The lowest BCUT2D eigenvalue weighted by Crippen LogP contribution is -2.22. The van der Waals surface area contributed by atoms with Crippen LogP contribution in [0.3, 0.4) is 0 Å². The van der Waals surface area contributed by atoms with Crippen LogP contribution in [0.25, 0.3) is 0 Å². The van der Waals surface area contributed by atoms with Crippen LogP contribution in [0.15, 0.2) is 24.3 Å². The summed E-state index contributed by atoms with van der Waals surface area (Å²) in [6, 6.07) is 8.14. The van der Waals surface area contributed by atoms with Crippen molar-refractivity contribution in [2.24, 2.45) is 11.8 Å². The number of hydrogen-bond acceptors (Lipinski definition) is 2. The normalized spacial score (nSPS) is 12.9. The number of halogens is 1. The molecule has 19 heavy (non-hydrogen) atoms. The van der Waals surface area contributed by atoms with Gasteiger partial charge in [-0.05, 0) is 56.0 Å². The standard InChI is InChI=1S/C16H26ClNO/c1-13(2)12-19-9-8-15(11-18-3)10-14-4-6-16(17)7-5-14/h4-7,13,15,18H,8-12H2,1-3H3. The molecule has 0 aromatic heterocycles. The Morgan fingerprint density at radius 3 is 2.47 bits per heavy atom. The molecular weight excluding hydrogens is 258 g/mol. The first-order valence-corrected chi connectivity index (χ1v) is 7.46. The minimum atomic E-state index is 0.610. The zero-order valence-corrected chi connectivity index (χ0v) is 13.0. The molecule has 0 saturated carbocycles. The molecule has 1 unspecified atom stereocenters. The molecule has 2 nitrogen and oxygen atoms in total. The van der Waals surface area contributed by atoms with Crippen LogP contribution < -0.4 is 5.32 Å². The molecule has 0 aliphatic carbocycles. The van der Waals surface area contributed by atoms with Crippen LogP contribution in [0.2, 0.25) is 5.02 Å². The number of nitrogens with one attached hydrogen (secondary N) is 1. The van der Waals surface area contributed by atoms with Gasteiger partial charge in [-0.15, -0.1) is 0 Å². The highest BCUT2D eigenvalue weighted by Gasteiger charge is 2.09. The lowest BCUT2D eigenvalue weighted by atomic mass is 9.96. The Bertz CT molecular complexity index is 337. The Morgan fingerprint density at radius 2 is 1.89 bits per heavy atom. The molecule has 0 amide bonds. The maximum Gasteiger partial charge on any atom is 0.0488 e. The summed E-state index contributed by atoms with van der Waals surface area (Å²) in [6.45, 7) is 7.08. The summed E-state index contributed by atoms with van der Waals surface area (Å²) in [5, 5.41) is 4.07. The van der Waals surface area contributed by atoms with E-state index in [1.54, 1.807) is 0 Å². The van der Waals surface area contributed by atoms with Crippen LogP contribution in [-0.4, -0.2) is 26.8 Å². The lowest BCUT2D eigenvalue weighted by Gasteiger charge is -2.17. The van der Waals surface area contributed by atoms with E-state index in [0.29, 0.717) is 11.8 Å². The largest absolute Gasteiger partial charge is 0.381 e. The number of benzene rings is 1. The van der Waals surface area contributed by atoms with Gasteiger partial charge in [-0.25, -0.2) is 0 Å². The van der Waals surface area contributed by atoms with E-state index in [4.69, 9.17) is 16.3 Å². The molecule has 108 valence electrons. The van der Waals surface area contributed by atoms with E-state index in [1.165, 1.54) is 5.56 Å². The molecule has 0 bridgehead atoms. The molecule has 1 N–H and O–H groups in total. The van der Waals surface area contributed by atoms with Gasteiger partial charge in [-0.1, -0.05) is 37.6 Å². The van der Waals surface area contributed by atoms with Crippen LogP contribution in [0, 0.1) is 11.8 Å². The molecule has 1 aromatic rings. The van der Waals surface area contributed by atoms with E-state index in [9.17, 15) is 0 Å². The Morgan fingerprint density at radius 1 is 1.21 bits per heavy atom. The number of hydrogen-bond donors (Lipinski definition) is 1. The second-order valence-electron chi connectivity index (χ2n) is 5.51. The first kappa shape index (κ1) is 16.5. The molecule has 1 atom stereocenters. The van der Waals surface area contributed by atoms with E-state index in [-0.39, 0.29) is 0 Å². The highest BCUT2D eigenvalue weighted by Crippen LogP contribution is 2.15. The average molecular weight is 284 g/mol. The number of rotatable bonds is 9. The van der Waals surface area contributed by atoms with Crippen molar-refractivity contribution in [3.05, 3.63) is 34.9 Å². The summed E-state index contributed by atoms with van der Waals surface area (Å²) in [7, 11) is 2.00. The summed E-state index contributed by atoms with van der Waals surface area (Å²) in [4.78, 5) is 0. The zero-order valence-electron chi connectivity index (χ0n) is 12.3. The zero-order chi connectivity index (χ0) is 14.1. The van der Waals surface area contributed by atoms with Crippen molar-refractivity contribution in [3.8, 4) is 0 Å². The van der Waals surface area contributed by atoms with Gasteiger partial charge in [0.25, 0.3) is 0 Å². The Balaban J connectivity index is 2.37. The molecule has 0 saturated heterocycles. The van der Waals surface area contributed by atoms with Crippen molar-refractivity contribution in [3.63, 3.8) is 0 Å². The first-order chi connectivity index (χ1) is 9.11. The fourth-order valence-electron chi connectivity index (χ4n) is 2.09. The monoisotopic (exact) mass is 283 g/mol. The Labute approximate surface area is 122 Å². The summed E-state index contributed by atoms with van der Waals surface area (Å²) in [5.41, 5.74) is 1.34. The van der Waals surface area contributed by atoms with Crippen molar-refractivity contribution in [2.45, 2.75) is 26.7 Å². The van der Waals surface area contributed by atoms with Gasteiger partial charge in [-0.2, -0.15) is 0 Å². The molecular formula is C16H26ClNO. The van der Waals surface area contributed by atoms with E-state index < -0.39 is 0 Å². The van der Waals surface area contributed by atoms with E-state index in [2.05, 4.69) is 31.3 Å². The summed E-state index contributed by atoms with van der Waals surface area (Å²) in [6.07, 6.45) is 2.17. The highest BCUT2D eigenvalue weighted by atomic mass is 35.5. The molecule has 3 heteroatoms. The molecule has 0 heterocycles. The van der Waals surface area contributed by atoms with Crippen LogP contribution in [0.5, 0.6) is 0 Å². The summed E-state index contributed by atoms with van der Waals surface area (Å²) < 4.78 is 5.68. The highest BCUT2D eigenvalue weighted by molar-refractivity contribution is 6.30. The van der Waals surface area contributed by atoms with Gasteiger partial charge in [0.15, 0.2) is 0 Å². The molecule has 1 rings (SSSR count). The van der Waals surface area contributed by atoms with Crippen LogP contribution in [-0.2, 0) is 11.2 Å². The van der Waals surface area contributed by atoms with E-state index >= 15 is 0 Å². The predicted molar refractivity (Wildman–Crippen MR) is 82.8 cm³/mol. The third-order valence-electron chi connectivity index (χ3n) is 3.05. The van der Waals surface area contributed by atoms with Crippen molar-refractivity contribution < 1.29 is 4.74 Å². The molecule has 0 fully saturated rings. The van der Waals surface area contributed by atoms with Crippen LogP contribution >= 0.6 is 11.6 Å². The third-order valence-corrected chi connectivity index (χ3v) is 3.30. The van der Waals surface area contributed by atoms with Gasteiger partial charge in [0, 0.05) is 18.2 Å². The van der Waals surface area contributed by atoms with Gasteiger partial charge in [0.05, 0.1) is 0 Å². The molecule has 1 aromatic carbocycles. The van der Waals surface area contributed by atoms with Crippen molar-refractivity contribution in [1.82, 2.24) is 5.32 Å². The maximum absolute atomic E-state index is 5.91. The van der Waals surface area contributed by atoms with Gasteiger partial charge in [-0.3, -0.25) is 0 Å². The first-order valence-electron chi connectivity index (χ1n) is 7.08. The predicted octanol–water partition coefficient (Wildman–Crippen LogP) is 3.78. The minimum Gasteiger partial charge on any atom is -0.381 e. The fraction of sp³-hybridized carbons (Fsp3) is 0.625. The van der Waals surface area contributed by atoms with E-state index in [1.807, 2.05) is 19.2 Å². The van der Waals surface area contributed by atoms with Crippen molar-refractivity contribution in [1.29, 1.82) is 0 Å². The SMILES string of the molecule is CNCC(CCOCC(C)C)Cc1ccc(Cl)cc1. The smallest absolute Gasteiger partial charge is 0.0488 e. The van der Waals surface area contributed by atoms with Gasteiger partial charge in [0.2, 0.25) is 0 Å². The lowest BCUT2D eigenvalue weighted by molar-refractivity contribution is 0.0978. The van der Waals surface area contributed by atoms with Gasteiger partial charge >= 0.3 is 0 Å². The maximum atomic E-state index is 5.91. The van der Waals surface area contributed by atoms with E-state index in [0.717, 1.165) is 37.6 Å². The van der Waals surface area contributed by atoms with Crippen LogP contribution in [0.1, 0.15) is 25.8 Å². The summed E-state index contributed by atoms with van der Waals surface area (Å²) in [5.74, 6) is 1.22. The fourth-order valence-corrected chi connectivity index (χ4v) is 2.21. The van der Waals surface area contributed by atoms with Crippen molar-refractivity contribution >= 4 is 11.6 Å². The topological polar surface area (TPSA) is 21.3 Å². The van der Waals surface area contributed by atoms with Gasteiger partial charge in [0.1, 0.15) is 0 Å². The molecule has 0 aliphatic rings.